The SMILES string of the molecule is C=S(C)(=O)Nc1cc(-c2cccc(OCc3cccc(C(F)(F)F)c3)c2)cnc1OCc1noc(C)n1. The minimum absolute atomic E-state index is 0.0146. The van der Waals surface area contributed by atoms with Gasteiger partial charge in [0.15, 0.2) is 6.61 Å². The molecule has 0 fully saturated rings. The molecule has 0 spiro atoms. The molecule has 2 aromatic carbocycles. The summed E-state index contributed by atoms with van der Waals surface area (Å²) in [6.07, 6.45) is -1.42. The van der Waals surface area contributed by atoms with Crippen molar-refractivity contribution in [1.82, 2.24) is 15.1 Å². The predicted molar refractivity (Wildman–Crippen MR) is 134 cm³/mol. The van der Waals surface area contributed by atoms with Gasteiger partial charge in [0.2, 0.25) is 17.6 Å². The quantitative estimate of drug-likeness (QED) is 0.293. The van der Waals surface area contributed by atoms with Crippen LogP contribution in [0.2, 0.25) is 0 Å². The van der Waals surface area contributed by atoms with Gasteiger partial charge in [-0.2, -0.15) is 18.2 Å². The first-order chi connectivity index (χ1) is 17.5. The molecule has 0 aliphatic rings. The minimum Gasteiger partial charge on any atom is -0.489 e. The number of rotatable bonds is 9. The first kappa shape index (κ1) is 26.0. The summed E-state index contributed by atoms with van der Waals surface area (Å²) in [6, 6.07) is 13.7. The first-order valence-corrected chi connectivity index (χ1v) is 13.0. The highest BCUT2D eigenvalue weighted by Gasteiger charge is 2.30. The molecule has 0 amide bonds. The third-order valence-corrected chi connectivity index (χ3v) is 5.56. The van der Waals surface area contributed by atoms with E-state index in [1.165, 1.54) is 12.3 Å². The summed E-state index contributed by atoms with van der Waals surface area (Å²) >= 11 is 0. The van der Waals surface area contributed by atoms with Gasteiger partial charge in [0.1, 0.15) is 18.0 Å². The van der Waals surface area contributed by atoms with E-state index < -0.39 is 21.4 Å². The number of hydrogen-bond acceptors (Lipinski definition) is 7. The van der Waals surface area contributed by atoms with Crippen molar-refractivity contribution >= 4 is 21.3 Å². The number of ether oxygens (including phenoxy) is 2. The summed E-state index contributed by atoms with van der Waals surface area (Å²) in [6.45, 7) is 1.60. The molecule has 0 aliphatic heterocycles. The van der Waals surface area contributed by atoms with Crippen molar-refractivity contribution < 1.29 is 31.4 Å². The van der Waals surface area contributed by atoms with E-state index in [0.717, 1.165) is 12.1 Å². The van der Waals surface area contributed by atoms with Gasteiger partial charge in [-0.1, -0.05) is 29.4 Å². The predicted octanol–water partition coefficient (Wildman–Crippen LogP) is 5.29. The van der Waals surface area contributed by atoms with Crippen LogP contribution in [-0.2, 0) is 29.1 Å². The number of aromatic nitrogens is 3. The maximum atomic E-state index is 13.0. The topological polar surface area (TPSA) is 99.4 Å². The lowest BCUT2D eigenvalue weighted by Crippen LogP contribution is -2.12. The van der Waals surface area contributed by atoms with Gasteiger partial charge in [0.05, 0.1) is 5.56 Å². The summed E-state index contributed by atoms with van der Waals surface area (Å²) in [5, 5.41) is 3.77. The minimum atomic E-state index is -4.43. The maximum Gasteiger partial charge on any atom is 0.416 e. The Morgan fingerprint density at radius 2 is 1.84 bits per heavy atom. The van der Waals surface area contributed by atoms with Gasteiger partial charge in [-0.05, 0) is 47.3 Å². The van der Waals surface area contributed by atoms with Crippen LogP contribution < -0.4 is 14.2 Å². The van der Waals surface area contributed by atoms with Crippen molar-refractivity contribution in [3.63, 3.8) is 0 Å². The smallest absolute Gasteiger partial charge is 0.416 e. The molecule has 2 heterocycles. The third kappa shape index (κ3) is 7.23. The highest BCUT2D eigenvalue weighted by molar-refractivity contribution is 8.00. The van der Waals surface area contributed by atoms with Crippen LogP contribution in [0, 0.1) is 6.92 Å². The van der Waals surface area contributed by atoms with Crippen molar-refractivity contribution in [2.24, 2.45) is 0 Å². The van der Waals surface area contributed by atoms with Gasteiger partial charge in [0, 0.05) is 34.6 Å². The van der Waals surface area contributed by atoms with Crippen LogP contribution in [0.25, 0.3) is 11.1 Å². The molecular formula is C25H23F3N4O4S. The normalized spacial score (nSPS) is 13.1. The first-order valence-electron chi connectivity index (χ1n) is 10.9. The van der Waals surface area contributed by atoms with Crippen LogP contribution in [0.4, 0.5) is 18.9 Å². The van der Waals surface area contributed by atoms with E-state index >= 15 is 0 Å². The molecule has 0 saturated carbocycles. The highest BCUT2D eigenvalue weighted by Crippen LogP contribution is 2.32. The number of hydrogen-bond donors (Lipinski definition) is 1. The Kier molecular flexibility index (Phi) is 7.39. The number of anilines is 1. The molecule has 1 atom stereocenters. The van der Waals surface area contributed by atoms with Gasteiger partial charge >= 0.3 is 6.18 Å². The zero-order valence-electron chi connectivity index (χ0n) is 19.9. The van der Waals surface area contributed by atoms with E-state index in [2.05, 4.69) is 25.7 Å². The Bertz CT molecular complexity index is 1500. The maximum absolute atomic E-state index is 13.0. The van der Waals surface area contributed by atoms with Gasteiger partial charge in [-0.15, -0.1) is 0 Å². The van der Waals surface area contributed by atoms with Gasteiger partial charge in [-0.3, -0.25) is 0 Å². The summed E-state index contributed by atoms with van der Waals surface area (Å²) in [4.78, 5) is 8.42. The lowest BCUT2D eigenvalue weighted by molar-refractivity contribution is -0.137. The second kappa shape index (κ2) is 10.5. The molecule has 0 aliphatic carbocycles. The Balaban J connectivity index is 1.54. The molecule has 8 nitrogen and oxygen atoms in total. The van der Waals surface area contributed by atoms with E-state index in [0.29, 0.717) is 39.8 Å². The zero-order valence-corrected chi connectivity index (χ0v) is 20.7. The molecular weight excluding hydrogens is 509 g/mol. The van der Waals surface area contributed by atoms with Crippen LogP contribution in [0.5, 0.6) is 11.6 Å². The Hall–Kier alpha value is -4.06. The molecule has 0 bridgehead atoms. The van der Waals surface area contributed by atoms with Gasteiger partial charge in [0.25, 0.3) is 0 Å². The Morgan fingerprint density at radius 3 is 2.54 bits per heavy atom. The summed E-state index contributed by atoms with van der Waals surface area (Å²) in [5.74, 6) is 4.96. The van der Waals surface area contributed by atoms with Crippen molar-refractivity contribution in [3.05, 3.63) is 83.6 Å². The number of benzene rings is 2. The summed E-state index contributed by atoms with van der Waals surface area (Å²) in [5.41, 5.74) is 1.36. The van der Waals surface area contributed by atoms with Crippen LogP contribution >= 0.6 is 0 Å². The van der Waals surface area contributed by atoms with Crippen LogP contribution in [0.3, 0.4) is 0 Å². The monoisotopic (exact) mass is 532 g/mol. The van der Waals surface area contributed by atoms with E-state index in [1.54, 1.807) is 43.5 Å². The summed E-state index contributed by atoms with van der Waals surface area (Å²) in [7, 11) is -2.66. The fraction of sp³-hybridized carbons (Fsp3) is 0.200. The average molecular weight is 533 g/mol. The molecule has 194 valence electrons. The zero-order chi connectivity index (χ0) is 26.6. The summed E-state index contributed by atoms with van der Waals surface area (Å²) < 4.78 is 70.5. The average Bonchev–Trinajstić information content (AvgIpc) is 3.26. The molecule has 37 heavy (non-hydrogen) atoms. The van der Waals surface area contributed by atoms with E-state index in [9.17, 15) is 17.4 Å². The number of alkyl halides is 3. The van der Waals surface area contributed by atoms with Crippen molar-refractivity contribution in [1.29, 1.82) is 0 Å². The standard InChI is InChI=1S/C25H23F3N4O4S/c1-16-30-23(31-36-16)15-35-24-22(32-37(2,3)33)12-19(13-29-24)18-7-5-9-21(11-18)34-14-17-6-4-8-20(10-17)25(26,27)28/h4-13H,2,14-15H2,1,3H3,(H,32,33). The van der Waals surface area contributed by atoms with Crippen molar-refractivity contribution in [2.75, 3.05) is 11.0 Å². The van der Waals surface area contributed by atoms with Gasteiger partial charge < -0.3 is 18.7 Å². The molecule has 0 radical (unpaired) electrons. The number of nitrogens with zero attached hydrogens (tertiary/aromatic N) is 3. The van der Waals surface area contributed by atoms with E-state index in [4.69, 9.17) is 14.0 Å². The second-order valence-corrected chi connectivity index (χ2v) is 10.4. The molecule has 1 N–H and O–H groups in total. The highest BCUT2D eigenvalue weighted by atomic mass is 32.2. The van der Waals surface area contributed by atoms with Crippen LogP contribution in [0.15, 0.2) is 65.3 Å². The Morgan fingerprint density at radius 1 is 1.05 bits per heavy atom. The second-order valence-electron chi connectivity index (χ2n) is 8.22. The Labute approximate surface area is 211 Å². The molecule has 2 aromatic heterocycles. The molecule has 1 unspecified atom stereocenters. The number of pyridine rings is 1. The number of halogens is 3. The third-order valence-electron chi connectivity index (χ3n) is 4.91. The molecule has 4 aromatic rings. The fourth-order valence-electron chi connectivity index (χ4n) is 3.33. The number of nitrogens with one attached hydrogen (secondary N) is 1. The van der Waals surface area contributed by atoms with Crippen LogP contribution in [-0.4, -0.2) is 31.5 Å². The largest absolute Gasteiger partial charge is 0.489 e. The lowest BCUT2D eigenvalue weighted by atomic mass is 10.1. The van der Waals surface area contributed by atoms with Gasteiger partial charge in [-0.25, -0.2) is 9.19 Å². The van der Waals surface area contributed by atoms with E-state index in [-0.39, 0.29) is 19.1 Å². The molecule has 0 saturated heterocycles. The lowest BCUT2D eigenvalue weighted by Gasteiger charge is -2.14. The van der Waals surface area contributed by atoms with E-state index in [1.807, 2.05) is 6.07 Å². The van der Waals surface area contributed by atoms with Crippen LogP contribution in [0.1, 0.15) is 22.8 Å². The number of aryl methyl sites for hydroxylation is 1. The molecule has 4 rings (SSSR count). The molecule has 12 heteroatoms. The fourth-order valence-corrected chi connectivity index (χ4v) is 3.94. The van der Waals surface area contributed by atoms with Crippen molar-refractivity contribution in [3.8, 4) is 22.8 Å². The van der Waals surface area contributed by atoms with Crippen molar-refractivity contribution in [2.45, 2.75) is 26.3 Å².